The standard InChI is InChI=1S/C13H10P.C6H7.2ClH.Zr/c1-2-6-12-11(5-1)7-8-13(12)14-9-3-4-10-14;1-6-4-2-3-5-6;;;/h1-7,9-10,13H;2,4H,3H2,1H3;2*1H;/q2*-1;;;+4/p-2. The minimum atomic E-state index is -0.136. The van der Waals surface area contributed by atoms with E-state index < -0.39 is 0 Å². The molecule has 2 aromatic rings. The molecular weight excluding hydrogens is 421 g/mol. The topological polar surface area (TPSA) is 0 Å². The summed E-state index contributed by atoms with van der Waals surface area (Å²) in [7, 11) is -0.136. The van der Waals surface area contributed by atoms with Crippen LogP contribution in [0.4, 0.5) is 0 Å². The molecule has 2 aliphatic carbocycles. The third kappa shape index (κ3) is 5.92. The molecule has 1 heterocycles. The van der Waals surface area contributed by atoms with Crippen molar-refractivity contribution >= 4 is 13.6 Å². The molecule has 1 aromatic heterocycles. The molecule has 0 saturated carbocycles. The summed E-state index contributed by atoms with van der Waals surface area (Å²) in [6.07, 6.45) is 13.9. The molecule has 0 saturated heterocycles. The molecular formula is C19H17Cl2PZr. The summed E-state index contributed by atoms with van der Waals surface area (Å²) < 4.78 is 0. The smallest absolute Gasteiger partial charge is 1.00 e. The molecule has 1 atom stereocenters. The number of halogens is 2. The first-order valence-corrected chi connectivity index (χ1v) is 8.44. The van der Waals surface area contributed by atoms with Gasteiger partial charge in [0.1, 0.15) is 0 Å². The second-order valence-corrected chi connectivity index (χ2v) is 6.95. The zero-order valence-corrected chi connectivity index (χ0v) is 17.7. The molecule has 0 radical (unpaired) electrons. The molecule has 0 amide bonds. The first kappa shape index (κ1) is 22.7. The van der Waals surface area contributed by atoms with E-state index in [4.69, 9.17) is 0 Å². The van der Waals surface area contributed by atoms with E-state index in [9.17, 15) is 0 Å². The van der Waals surface area contributed by atoms with Crippen molar-refractivity contribution in [2.75, 3.05) is 0 Å². The van der Waals surface area contributed by atoms with Crippen molar-refractivity contribution in [1.29, 1.82) is 0 Å². The first-order valence-electron chi connectivity index (χ1n) is 6.89. The number of fused-ring (bicyclic) bond motifs is 1. The van der Waals surface area contributed by atoms with Crippen molar-refractivity contribution in [2.45, 2.75) is 19.0 Å². The van der Waals surface area contributed by atoms with Gasteiger partial charge in [0.25, 0.3) is 0 Å². The van der Waals surface area contributed by atoms with Crippen molar-refractivity contribution < 1.29 is 51.0 Å². The van der Waals surface area contributed by atoms with E-state index >= 15 is 0 Å². The average Bonchev–Trinajstić information content (AvgIpc) is 3.19. The van der Waals surface area contributed by atoms with E-state index in [1.165, 1.54) is 16.7 Å². The van der Waals surface area contributed by atoms with Gasteiger partial charge in [0.2, 0.25) is 0 Å². The Labute approximate surface area is 171 Å². The first-order chi connectivity index (χ1) is 9.84. The fourth-order valence-electron chi connectivity index (χ4n) is 2.43. The van der Waals surface area contributed by atoms with Crippen LogP contribution in [0.25, 0.3) is 6.08 Å². The van der Waals surface area contributed by atoms with Gasteiger partial charge in [-0.15, -0.1) is 25.6 Å². The van der Waals surface area contributed by atoms with E-state index in [1.54, 1.807) is 0 Å². The van der Waals surface area contributed by atoms with Crippen molar-refractivity contribution in [1.82, 2.24) is 0 Å². The van der Waals surface area contributed by atoms with Gasteiger partial charge in [-0.3, -0.25) is 12.2 Å². The van der Waals surface area contributed by atoms with Crippen LogP contribution in [-0.4, -0.2) is 0 Å². The van der Waals surface area contributed by atoms with E-state index in [2.05, 4.69) is 85.3 Å². The summed E-state index contributed by atoms with van der Waals surface area (Å²) in [5.74, 6) is 4.62. The Morgan fingerprint density at radius 2 is 1.74 bits per heavy atom. The Morgan fingerprint density at radius 1 is 1.04 bits per heavy atom. The zero-order chi connectivity index (χ0) is 13.8. The molecule has 4 heteroatoms. The predicted molar refractivity (Wildman–Crippen MR) is 87.6 cm³/mol. The van der Waals surface area contributed by atoms with Gasteiger partial charge in [0, 0.05) is 0 Å². The van der Waals surface area contributed by atoms with Crippen LogP contribution in [0, 0.1) is 12.2 Å². The van der Waals surface area contributed by atoms with Crippen LogP contribution in [0.15, 0.2) is 65.7 Å². The summed E-state index contributed by atoms with van der Waals surface area (Å²) in [4.78, 5) is 0. The third-order valence-corrected chi connectivity index (χ3v) is 5.54. The zero-order valence-electron chi connectivity index (χ0n) is 12.8. The van der Waals surface area contributed by atoms with Gasteiger partial charge in [-0.05, 0) is 17.3 Å². The van der Waals surface area contributed by atoms with E-state index in [0.29, 0.717) is 5.66 Å². The molecule has 0 spiro atoms. The molecule has 23 heavy (non-hydrogen) atoms. The Morgan fingerprint density at radius 3 is 2.30 bits per heavy atom. The summed E-state index contributed by atoms with van der Waals surface area (Å²) >= 11 is 0. The minimum absolute atomic E-state index is 0. The molecule has 0 N–H and O–H groups in total. The number of rotatable bonds is 1. The normalized spacial score (nSPS) is 16.0. The molecule has 0 bridgehead atoms. The maximum absolute atomic E-state index is 3.47. The van der Waals surface area contributed by atoms with Crippen molar-refractivity contribution in [2.24, 2.45) is 0 Å². The second kappa shape index (κ2) is 11.3. The predicted octanol–water partition coefficient (Wildman–Crippen LogP) is -0.206. The largest absolute Gasteiger partial charge is 4.00 e. The fraction of sp³-hybridized carbons (Fsp3) is 0.158. The minimum Gasteiger partial charge on any atom is -1.00 e. The number of benzene rings is 1. The van der Waals surface area contributed by atoms with Gasteiger partial charge in [-0.2, -0.15) is 11.6 Å². The van der Waals surface area contributed by atoms with Crippen LogP contribution in [0.2, 0.25) is 0 Å². The molecule has 4 rings (SSSR count). The van der Waals surface area contributed by atoms with E-state index in [0.717, 1.165) is 6.42 Å². The van der Waals surface area contributed by atoms with Crippen molar-refractivity contribution in [3.05, 3.63) is 89.0 Å². The van der Waals surface area contributed by atoms with Gasteiger partial charge >= 0.3 is 26.2 Å². The van der Waals surface area contributed by atoms with Gasteiger partial charge < -0.3 is 24.8 Å². The molecule has 1 unspecified atom stereocenters. The average molecular weight is 438 g/mol. The van der Waals surface area contributed by atoms with Crippen LogP contribution in [0.1, 0.15) is 30.1 Å². The Balaban J connectivity index is 0.000000469. The van der Waals surface area contributed by atoms with Gasteiger partial charge in [0.15, 0.2) is 0 Å². The number of hydrogen-bond donors (Lipinski definition) is 0. The van der Waals surface area contributed by atoms with Gasteiger partial charge in [0.05, 0.1) is 0 Å². The maximum atomic E-state index is 3.47. The quantitative estimate of drug-likeness (QED) is 0.541. The Kier molecular flexibility index (Phi) is 11.1. The van der Waals surface area contributed by atoms with Crippen LogP contribution >= 0.6 is 7.53 Å². The summed E-state index contributed by atoms with van der Waals surface area (Å²) in [5.41, 5.74) is 4.55. The summed E-state index contributed by atoms with van der Waals surface area (Å²) in [6, 6.07) is 12.9. The SMILES string of the molecule is CC1=[C-]CC=C1.[C-]1=Cc2ccccc2C1p1cccc1.[Cl-].[Cl-].[Zr+4]. The molecule has 0 nitrogen and oxygen atoms in total. The van der Waals surface area contributed by atoms with Gasteiger partial charge in [-0.25, -0.2) is 17.7 Å². The molecule has 2 aliphatic rings. The van der Waals surface area contributed by atoms with Crippen LogP contribution in [0.3, 0.4) is 0 Å². The van der Waals surface area contributed by atoms with Crippen LogP contribution in [0.5, 0.6) is 0 Å². The summed E-state index contributed by atoms with van der Waals surface area (Å²) in [5, 5.41) is 0. The monoisotopic (exact) mass is 436 g/mol. The second-order valence-electron chi connectivity index (χ2n) is 4.94. The summed E-state index contributed by atoms with van der Waals surface area (Å²) in [6.45, 7) is 2.06. The molecule has 1 aromatic carbocycles. The van der Waals surface area contributed by atoms with Crippen molar-refractivity contribution in [3.63, 3.8) is 0 Å². The Hall–Kier alpha value is -0.317. The van der Waals surface area contributed by atoms with E-state index in [-0.39, 0.29) is 58.6 Å². The van der Waals surface area contributed by atoms with E-state index in [1.807, 2.05) is 0 Å². The molecule has 0 aliphatic heterocycles. The van der Waals surface area contributed by atoms with Crippen LogP contribution in [-0.2, 0) is 26.2 Å². The maximum Gasteiger partial charge on any atom is 4.00 e. The number of allylic oxidation sites excluding steroid dienone is 5. The third-order valence-electron chi connectivity index (χ3n) is 3.48. The molecule has 116 valence electrons. The Bertz CT molecular complexity index is 670. The van der Waals surface area contributed by atoms with Crippen molar-refractivity contribution in [3.8, 4) is 0 Å². The van der Waals surface area contributed by atoms with Crippen LogP contribution < -0.4 is 24.8 Å². The number of hydrogen-bond acceptors (Lipinski definition) is 0. The van der Waals surface area contributed by atoms with Gasteiger partial charge in [-0.1, -0.05) is 37.3 Å². The molecule has 0 fully saturated rings. The fourth-order valence-corrected chi connectivity index (χ4v) is 4.27.